The minimum absolute atomic E-state index is 0.0810. The lowest BCUT2D eigenvalue weighted by molar-refractivity contribution is 0.0922. The van der Waals surface area contributed by atoms with Crippen LogP contribution < -0.4 is 10.1 Å². The molecule has 1 fully saturated rings. The first-order chi connectivity index (χ1) is 15.0. The second-order valence-electron chi connectivity index (χ2n) is 7.36. The van der Waals surface area contributed by atoms with E-state index in [4.69, 9.17) is 33.3 Å². The Morgan fingerprint density at radius 3 is 2.61 bits per heavy atom. The molecule has 1 saturated heterocycles. The Morgan fingerprint density at radius 1 is 1.16 bits per heavy atom. The summed E-state index contributed by atoms with van der Waals surface area (Å²) in [5.74, 6) is 1.15. The van der Waals surface area contributed by atoms with Crippen molar-refractivity contribution in [3.05, 3.63) is 57.5 Å². The van der Waals surface area contributed by atoms with E-state index in [2.05, 4.69) is 10.3 Å². The Balaban J connectivity index is 1.21. The fraction of sp³-hybridized carbons (Fsp3) is 0.318. The van der Waals surface area contributed by atoms with E-state index in [1.807, 2.05) is 23.1 Å². The van der Waals surface area contributed by atoms with Crippen LogP contribution in [0.2, 0.25) is 10.0 Å². The first kappa shape index (κ1) is 21.9. The van der Waals surface area contributed by atoms with Gasteiger partial charge in [0.2, 0.25) is 0 Å². The summed E-state index contributed by atoms with van der Waals surface area (Å²) in [4.78, 5) is 19.1. The van der Waals surface area contributed by atoms with Crippen molar-refractivity contribution in [1.82, 2.24) is 15.2 Å². The summed E-state index contributed by atoms with van der Waals surface area (Å²) in [7, 11) is 0. The van der Waals surface area contributed by atoms with Crippen molar-refractivity contribution in [1.29, 1.82) is 5.41 Å². The van der Waals surface area contributed by atoms with Crippen LogP contribution in [0, 0.1) is 5.41 Å². The van der Waals surface area contributed by atoms with E-state index in [1.165, 1.54) is 11.3 Å². The number of halogens is 2. The quantitative estimate of drug-likeness (QED) is 0.376. The molecule has 0 radical (unpaired) electrons. The van der Waals surface area contributed by atoms with E-state index < -0.39 is 0 Å². The van der Waals surface area contributed by atoms with E-state index in [0.717, 1.165) is 41.9 Å². The van der Waals surface area contributed by atoms with Gasteiger partial charge in [0.1, 0.15) is 5.75 Å². The van der Waals surface area contributed by atoms with Crippen molar-refractivity contribution in [2.45, 2.75) is 25.3 Å². The number of benzene rings is 2. The van der Waals surface area contributed by atoms with Crippen molar-refractivity contribution in [3.8, 4) is 5.75 Å². The number of nitrogens with one attached hydrogen (secondary N) is 2. The number of rotatable bonds is 6. The maximum absolute atomic E-state index is 12.6. The second-order valence-corrected chi connectivity index (χ2v) is 9.27. The Kier molecular flexibility index (Phi) is 6.95. The zero-order chi connectivity index (χ0) is 21.8. The number of aromatic nitrogens is 1. The molecule has 1 amide bonds. The van der Waals surface area contributed by atoms with Crippen LogP contribution in [-0.4, -0.2) is 47.4 Å². The molecule has 31 heavy (non-hydrogen) atoms. The van der Waals surface area contributed by atoms with Crippen LogP contribution >= 0.6 is 34.5 Å². The molecule has 1 aliphatic rings. The minimum atomic E-state index is -0.151. The van der Waals surface area contributed by atoms with E-state index in [0.29, 0.717) is 33.9 Å². The Hall–Kier alpha value is -2.35. The molecule has 2 heterocycles. The van der Waals surface area contributed by atoms with Gasteiger partial charge in [0.25, 0.3) is 5.91 Å². The van der Waals surface area contributed by atoms with Crippen LogP contribution in [-0.2, 0) is 0 Å². The molecule has 162 valence electrons. The van der Waals surface area contributed by atoms with Crippen LogP contribution in [0.4, 0.5) is 0 Å². The van der Waals surface area contributed by atoms with Gasteiger partial charge in [-0.05, 0) is 55.3 Å². The molecule has 0 atom stereocenters. The van der Waals surface area contributed by atoms with Gasteiger partial charge in [0.15, 0.2) is 5.01 Å². The third-order valence-electron chi connectivity index (χ3n) is 5.18. The molecule has 9 heteroatoms. The zero-order valence-electron chi connectivity index (χ0n) is 16.7. The molecular weight excluding hydrogens is 455 g/mol. The lowest BCUT2D eigenvalue weighted by Crippen LogP contribution is -2.46. The lowest BCUT2D eigenvalue weighted by Gasteiger charge is -2.33. The summed E-state index contributed by atoms with van der Waals surface area (Å²) in [5.41, 5.74) is 0.742. The molecule has 0 bridgehead atoms. The third kappa shape index (κ3) is 5.67. The Morgan fingerprint density at radius 2 is 1.87 bits per heavy atom. The van der Waals surface area contributed by atoms with Crippen molar-refractivity contribution < 1.29 is 9.53 Å². The summed E-state index contributed by atoms with van der Waals surface area (Å²) < 4.78 is 6.62. The number of hydrogen-bond donors (Lipinski definition) is 2. The highest BCUT2D eigenvalue weighted by Crippen LogP contribution is 2.25. The Labute approximate surface area is 194 Å². The highest BCUT2D eigenvalue weighted by atomic mass is 35.5. The first-order valence-corrected chi connectivity index (χ1v) is 11.6. The number of piperidine rings is 1. The maximum Gasteiger partial charge on any atom is 0.280 e. The topological polar surface area (TPSA) is 78.3 Å². The number of likely N-dealkylation sites (tertiary alicyclic amines) is 1. The van der Waals surface area contributed by atoms with E-state index in [9.17, 15) is 4.79 Å². The van der Waals surface area contributed by atoms with Gasteiger partial charge in [-0.15, -0.1) is 11.3 Å². The number of carbonyl (C=O) groups excluding carboxylic acids is 1. The number of hydrogen-bond acceptors (Lipinski definition) is 5. The third-order valence-corrected chi connectivity index (χ3v) is 6.70. The van der Waals surface area contributed by atoms with Crippen LogP contribution in [0.15, 0.2) is 42.5 Å². The fourth-order valence-electron chi connectivity index (χ4n) is 3.49. The smallest absolute Gasteiger partial charge is 0.280 e. The molecular formula is C22H22Cl2N4O2S. The molecule has 1 aliphatic heterocycles. The predicted octanol–water partition coefficient (Wildman–Crippen LogP) is 5.24. The van der Waals surface area contributed by atoms with E-state index in [-0.39, 0.29) is 11.9 Å². The SMILES string of the molecule is N=C(CCOc1ccc(Cl)cc1)N1CCC(NC(=O)c2nc3cc(Cl)ccc3s2)CC1. The second kappa shape index (κ2) is 9.85. The van der Waals surface area contributed by atoms with Crippen LogP contribution in [0.3, 0.4) is 0 Å². The summed E-state index contributed by atoms with van der Waals surface area (Å²) >= 11 is 13.2. The summed E-state index contributed by atoms with van der Waals surface area (Å²) in [6.07, 6.45) is 2.12. The molecule has 0 spiro atoms. The largest absolute Gasteiger partial charge is 0.493 e. The number of thiazole rings is 1. The highest BCUT2D eigenvalue weighted by molar-refractivity contribution is 7.20. The molecule has 4 rings (SSSR count). The molecule has 1 aromatic heterocycles. The molecule has 0 unspecified atom stereocenters. The van der Waals surface area contributed by atoms with Gasteiger partial charge in [-0.3, -0.25) is 10.2 Å². The number of ether oxygens (including phenoxy) is 1. The summed E-state index contributed by atoms with van der Waals surface area (Å²) in [6.45, 7) is 1.92. The monoisotopic (exact) mass is 476 g/mol. The van der Waals surface area contributed by atoms with Gasteiger partial charge >= 0.3 is 0 Å². The number of nitrogens with zero attached hydrogens (tertiary/aromatic N) is 2. The molecule has 6 nitrogen and oxygen atoms in total. The van der Waals surface area contributed by atoms with Gasteiger partial charge in [-0.25, -0.2) is 4.98 Å². The van der Waals surface area contributed by atoms with E-state index in [1.54, 1.807) is 24.3 Å². The number of carbonyl (C=O) groups is 1. The van der Waals surface area contributed by atoms with Crippen molar-refractivity contribution >= 4 is 56.5 Å². The minimum Gasteiger partial charge on any atom is -0.493 e. The van der Waals surface area contributed by atoms with Gasteiger partial charge in [0, 0.05) is 35.6 Å². The lowest BCUT2D eigenvalue weighted by atomic mass is 10.0. The maximum atomic E-state index is 12.6. The van der Waals surface area contributed by atoms with Crippen LogP contribution in [0.25, 0.3) is 10.2 Å². The normalized spacial score (nSPS) is 14.6. The molecule has 2 N–H and O–H groups in total. The van der Waals surface area contributed by atoms with Gasteiger partial charge in [-0.2, -0.15) is 0 Å². The van der Waals surface area contributed by atoms with Gasteiger partial charge in [0.05, 0.1) is 22.7 Å². The molecule has 2 aromatic carbocycles. The average Bonchev–Trinajstić information content (AvgIpc) is 3.19. The predicted molar refractivity (Wildman–Crippen MR) is 126 cm³/mol. The van der Waals surface area contributed by atoms with Crippen molar-refractivity contribution in [2.24, 2.45) is 0 Å². The molecule has 3 aromatic rings. The molecule has 0 aliphatic carbocycles. The zero-order valence-corrected chi connectivity index (χ0v) is 19.1. The van der Waals surface area contributed by atoms with Crippen molar-refractivity contribution in [2.75, 3.05) is 19.7 Å². The number of amidine groups is 1. The van der Waals surface area contributed by atoms with Gasteiger partial charge < -0.3 is 15.0 Å². The molecule has 0 saturated carbocycles. The average molecular weight is 477 g/mol. The van der Waals surface area contributed by atoms with Crippen LogP contribution in [0.1, 0.15) is 29.1 Å². The summed E-state index contributed by atoms with van der Waals surface area (Å²) in [5, 5.41) is 13.1. The van der Waals surface area contributed by atoms with E-state index >= 15 is 0 Å². The van der Waals surface area contributed by atoms with Gasteiger partial charge in [-0.1, -0.05) is 23.2 Å². The summed E-state index contributed by atoms with van der Waals surface area (Å²) in [6, 6.07) is 12.7. The Bertz CT molecular complexity index is 1080. The highest BCUT2D eigenvalue weighted by Gasteiger charge is 2.23. The number of fused-ring (bicyclic) bond motifs is 1. The van der Waals surface area contributed by atoms with Crippen molar-refractivity contribution in [3.63, 3.8) is 0 Å². The number of amides is 1. The standard InChI is InChI=1S/C22H22Cl2N4O2S/c23-14-1-4-17(5-2-14)30-12-9-20(25)28-10-7-16(8-11-28)26-21(29)22-27-18-13-15(24)3-6-19(18)31-22/h1-6,13,16,25H,7-12H2,(H,26,29). The fourth-order valence-corrected chi connectivity index (χ4v) is 4.63. The first-order valence-electron chi connectivity index (χ1n) is 10.1. The van der Waals surface area contributed by atoms with Crippen LogP contribution in [0.5, 0.6) is 5.75 Å².